The molecular weight excluding hydrogens is 306 g/mol. The van der Waals surface area contributed by atoms with E-state index in [0.717, 1.165) is 12.8 Å². The highest BCUT2D eigenvalue weighted by Gasteiger charge is 2.32. The summed E-state index contributed by atoms with van der Waals surface area (Å²) in [4.78, 5) is 23.8. The zero-order valence-corrected chi connectivity index (χ0v) is 14.2. The van der Waals surface area contributed by atoms with Crippen molar-refractivity contribution in [1.82, 2.24) is 10.6 Å². The largest absolute Gasteiger partial charge is 0.496 e. The highest BCUT2D eigenvalue weighted by molar-refractivity contribution is 5.98. The van der Waals surface area contributed by atoms with E-state index in [4.69, 9.17) is 4.74 Å². The van der Waals surface area contributed by atoms with Crippen molar-refractivity contribution >= 4 is 17.5 Å². The molecule has 3 atom stereocenters. The van der Waals surface area contributed by atoms with E-state index in [1.807, 2.05) is 0 Å². The van der Waals surface area contributed by atoms with Crippen molar-refractivity contribution in [3.8, 4) is 5.75 Å². The second kappa shape index (κ2) is 7.21. The van der Waals surface area contributed by atoms with Crippen LogP contribution in [0.1, 0.15) is 49.4 Å². The van der Waals surface area contributed by atoms with Gasteiger partial charge in [-0.25, -0.2) is 0 Å². The van der Waals surface area contributed by atoms with Gasteiger partial charge in [0.25, 0.3) is 5.91 Å². The Hall–Kier alpha value is -2.08. The monoisotopic (exact) mass is 331 g/mol. The van der Waals surface area contributed by atoms with Gasteiger partial charge in [-0.1, -0.05) is 6.42 Å². The van der Waals surface area contributed by atoms with Crippen molar-refractivity contribution in [2.75, 3.05) is 12.4 Å². The van der Waals surface area contributed by atoms with E-state index in [2.05, 4.69) is 16.0 Å². The quantitative estimate of drug-likeness (QED) is 0.789. The Bertz CT molecular complexity index is 620. The van der Waals surface area contributed by atoms with E-state index in [9.17, 15) is 9.59 Å². The number of fused-ring (bicyclic) bond motifs is 2. The molecule has 6 heteroatoms. The molecule has 0 radical (unpaired) electrons. The molecule has 0 aliphatic carbocycles. The third-order valence-corrected chi connectivity index (χ3v) is 4.82. The summed E-state index contributed by atoms with van der Waals surface area (Å²) >= 11 is 0. The molecule has 0 saturated carbocycles. The first-order valence-electron chi connectivity index (χ1n) is 8.57. The molecule has 2 bridgehead atoms. The Labute approximate surface area is 142 Å². The predicted molar refractivity (Wildman–Crippen MR) is 92.3 cm³/mol. The van der Waals surface area contributed by atoms with Gasteiger partial charge in [0, 0.05) is 36.8 Å². The molecule has 1 aromatic carbocycles. The third kappa shape index (κ3) is 3.87. The summed E-state index contributed by atoms with van der Waals surface area (Å²) in [5, 5.41) is 9.48. The molecule has 130 valence electrons. The molecule has 0 spiro atoms. The van der Waals surface area contributed by atoms with Crippen LogP contribution in [0.4, 0.5) is 5.69 Å². The first kappa shape index (κ1) is 16.8. The lowest BCUT2D eigenvalue weighted by atomic mass is 9.84. The molecule has 2 aliphatic rings. The number of hydrogen-bond donors (Lipinski definition) is 3. The molecule has 2 fully saturated rings. The number of carbonyl (C=O) groups excluding carboxylic acids is 2. The summed E-state index contributed by atoms with van der Waals surface area (Å²) in [6, 6.07) is 6.33. The lowest BCUT2D eigenvalue weighted by Crippen LogP contribution is -2.54. The second-order valence-corrected chi connectivity index (χ2v) is 6.73. The first-order valence-corrected chi connectivity index (χ1v) is 8.57. The average Bonchev–Trinajstić information content (AvgIpc) is 2.53. The molecule has 0 aromatic heterocycles. The molecule has 6 nitrogen and oxygen atoms in total. The fraction of sp³-hybridized carbons (Fsp3) is 0.556. The molecule has 3 N–H and O–H groups in total. The molecule has 2 saturated heterocycles. The van der Waals surface area contributed by atoms with E-state index in [1.54, 1.807) is 18.2 Å². The van der Waals surface area contributed by atoms with E-state index < -0.39 is 0 Å². The van der Waals surface area contributed by atoms with Gasteiger partial charge in [0.1, 0.15) is 5.75 Å². The van der Waals surface area contributed by atoms with Crippen LogP contribution in [0.3, 0.4) is 0 Å². The lowest BCUT2D eigenvalue weighted by Gasteiger charge is -2.40. The number of piperidine rings is 2. The van der Waals surface area contributed by atoms with Gasteiger partial charge < -0.3 is 20.7 Å². The van der Waals surface area contributed by atoms with Crippen molar-refractivity contribution in [3.63, 3.8) is 0 Å². The Balaban J connectivity index is 1.69. The van der Waals surface area contributed by atoms with Crippen molar-refractivity contribution < 1.29 is 14.3 Å². The summed E-state index contributed by atoms with van der Waals surface area (Å²) in [6.45, 7) is 1.45. The van der Waals surface area contributed by atoms with Gasteiger partial charge in [-0.15, -0.1) is 0 Å². The minimum atomic E-state index is -0.157. The minimum absolute atomic E-state index is 0.119. The van der Waals surface area contributed by atoms with Crippen LogP contribution in [-0.4, -0.2) is 37.0 Å². The van der Waals surface area contributed by atoms with Crippen LogP contribution in [-0.2, 0) is 4.79 Å². The predicted octanol–water partition coefficient (Wildman–Crippen LogP) is 2.06. The molecule has 2 heterocycles. The summed E-state index contributed by atoms with van der Waals surface area (Å²) in [6.07, 6.45) is 5.62. The summed E-state index contributed by atoms with van der Waals surface area (Å²) in [5.74, 6) is 0.189. The van der Waals surface area contributed by atoms with Gasteiger partial charge in [-0.2, -0.15) is 0 Å². The molecular formula is C18H25N3O3. The molecule has 3 rings (SSSR count). The van der Waals surface area contributed by atoms with E-state index in [1.165, 1.54) is 33.3 Å². The van der Waals surface area contributed by atoms with Crippen LogP contribution in [0.5, 0.6) is 5.75 Å². The van der Waals surface area contributed by atoms with Crippen LogP contribution in [0.15, 0.2) is 18.2 Å². The highest BCUT2D eigenvalue weighted by atomic mass is 16.5. The van der Waals surface area contributed by atoms with Crippen LogP contribution in [0.2, 0.25) is 0 Å². The Kier molecular flexibility index (Phi) is 5.04. The van der Waals surface area contributed by atoms with Crippen molar-refractivity contribution in [3.05, 3.63) is 23.8 Å². The van der Waals surface area contributed by atoms with Crippen molar-refractivity contribution in [2.24, 2.45) is 0 Å². The fourth-order valence-electron chi connectivity index (χ4n) is 3.81. The number of hydrogen-bond acceptors (Lipinski definition) is 4. The maximum atomic E-state index is 12.6. The van der Waals surface area contributed by atoms with Gasteiger partial charge in [0.15, 0.2) is 0 Å². The summed E-state index contributed by atoms with van der Waals surface area (Å²) < 4.78 is 5.33. The molecule has 2 aliphatic heterocycles. The van der Waals surface area contributed by atoms with Crippen LogP contribution in [0.25, 0.3) is 0 Å². The number of benzene rings is 1. The van der Waals surface area contributed by atoms with E-state index >= 15 is 0 Å². The van der Waals surface area contributed by atoms with Crippen molar-refractivity contribution in [1.29, 1.82) is 0 Å². The first-order chi connectivity index (χ1) is 11.5. The van der Waals surface area contributed by atoms with E-state index in [0.29, 0.717) is 29.1 Å². The number of anilines is 1. The normalized spacial score (nSPS) is 25.7. The Morgan fingerprint density at radius 2 is 1.92 bits per heavy atom. The Morgan fingerprint density at radius 3 is 2.54 bits per heavy atom. The van der Waals surface area contributed by atoms with Gasteiger partial charge in [-0.05, 0) is 37.8 Å². The van der Waals surface area contributed by atoms with Crippen molar-refractivity contribution in [2.45, 2.75) is 57.2 Å². The number of methoxy groups -OCH3 is 1. The van der Waals surface area contributed by atoms with Gasteiger partial charge in [0.2, 0.25) is 5.91 Å². The third-order valence-electron chi connectivity index (χ3n) is 4.82. The summed E-state index contributed by atoms with van der Waals surface area (Å²) in [5.41, 5.74) is 1.11. The SMILES string of the molecule is COc1cc(NC(C)=O)ccc1C(=O)NC1C[C@H]2CCC[C@@H](C1)N2. The average molecular weight is 331 g/mol. The van der Waals surface area contributed by atoms with Crippen LogP contribution in [0, 0.1) is 0 Å². The van der Waals surface area contributed by atoms with Crippen LogP contribution < -0.4 is 20.7 Å². The molecule has 1 unspecified atom stereocenters. The maximum absolute atomic E-state index is 12.6. The number of carbonyl (C=O) groups is 2. The minimum Gasteiger partial charge on any atom is -0.496 e. The van der Waals surface area contributed by atoms with E-state index in [-0.39, 0.29) is 17.9 Å². The lowest BCUT2D eigenvalue weighted by molar-refractivity contribution is -0.114. The summed E-state index contributed by atoms with van der Waals surface area (Å²) in [7, 11) is 1.53. The maximum Gasteiger partial charge on any atom is 0.255 e. The topological polar surface area (TPSA) is 79.5 Å². The number of nitrogens with one attached hydrogen (secondary N) is 3. The zero-order chi connectivity index (χ0) is 17.1. The molecule has 2 amide bonds. The van der Waals surface area contributed by atoms with Gasteiger partial charge in [0.05, 0.1) is 12.7 Å². The smallest absolute Gasteiger partial charge is 0.255 e. The molecule has 1 aromatic rings. The number of amides is 2. The Morgan fingerprint density at radius 1 is 1.21 bits per heavy atom. The fourth-order valence-corrected chi connectivity index (χ4v) is 3.81. The van der Waals surface area contributed by atoms with Gasteiger partial charge >= 0.3 is 0 Å². The van der Waals surface area contributed by atoms with Gasteiger partial charge in [-0.3, -0.25) is 9.59 Å². The highest BCUT2D eigenvalue weighted by Crippen LogP contribution is 2.27. The number of rotatable bonds is 4. The zero-order valence-electron chi connectivity index (χ0n) is 14.2. The standard InChI is InChI=1S/C18H25N3O3/c1-11(22)19-14-6-7-16(17(10-14)24-2)18(23)21-15-8-12-4-3-5-13(9-15)20-12/h6-7,10,12-13,15,20H,3-5,8-9H2,1-2H3,(H,19,22)(H,21,23)/t12-,13+,15?. The van der Waals surface area contributed by atoms with Crippen LogP contribution >= 0.6 is 0 Å². The molecule has 24 heavy (non-hydrogen) atoms. The second-order valence-electron chi connectivity index (χ2n) is 6.73. The number of ether oxygens (including phenoxy) is 1.